The van der Waals surface area contributed by atoms with Crippen molar-refractivity contribution >= 4 is 5.91 Å². The van der Waals surface area contributed by atoms with E-state index in [1.807, 2.05) is 35.2 Å². The molecule has 140 valence electrons. The van der Waals surface area contributed by atoms with Gasteiger partial charge >= 0.3 is 0 Å². The molecule has 3 aliphatic rings. The molecule has 0 atom stereocenters. The van der Waals surface area contributed by atoms with Gasteiger partial charge in [-0.25, -0.2) is 0 Å². The highest BCUT2D eigenvalue weighted by molar-refractivity contribution is 5.78. The first-order valence-corrected chi connectivity index (χ1v) is 9.19. The summed E-state index contributed by atoms with van der Waals surface area (Å²) in [5.74, 6) is 0.00552. The lowest BCUT2D eigenvalue weighted by atomic mass is 10.1. The van der Waals surface area contributed by atoms with Crippen LogP contribution in [0, 0.1) is 6.92 Å². The standard InChI is InChI=1S/C20H22N4O3/c1-14-19-16(21-24(20(19)27)15-7-3-2-4-8-15)13-18(26)23(14)12-6-11-22-10-5-9-17(22)25/h2-4,7-8,13,26H,5-6,9-12H2,1H3/p-1. The Morgan fingerprint density at radius 1 is 1.15 bits per heavy atom. The molecule has 1 saturated heterocycles. The number of para-hydroxylation sites is 1. The molecule has 7 nitrogen and oxygen atoms in total. The number of rotatable bonds is 5. The van der Waals surface area contributed by atoms with Gasteiger partial charge in [0, 0.05) is 31.7 Å². The van der Waals surface area contributed by atoms with Crippen molar-refractivity contribution in [3.05, 3.63) is 52.4 Å². The third kappa shape index (κ3) is 3.09. The molecule has 1 amide bonds. The average molecular weight is 365 g/mol. The Hall–Kier alpha value is -3.09. The first-order valence-electron chi connectivity index (χ1n) is 9.19. The molecule has 0 spiro atoms. The molecule has 0 bridgehead atoms. The predicted octanol–water partition coefficient (Wildman–Crippen LogP) is 1.53. The number of nitrogens with zero attached hydrogens (tertiary/aromatic N) is 4. The van der Waals surface area contributed by atoms with Crippen molar-refractivity contribution in [2.75, 3.05) is 13.1 Å². The smallest absolute Gasteiger partial charge is 0.282 e. The summed E-state index contributed by atoms with van der Waals surface area (Å²) in [6, 6.07) is 10.6. The van der Waals surface area contributed by atoms with Gasteiger partial charge in [-0.15, -0.1) is 0 Å². The van der Waals surface area contributed by atoms with Crippen LogP contribution in [0.5, 0.6) is 5.88 Å². The van der Waals surface area contributed by atoms with Crippen molar-refractivity contribution in [1.29, 1.82) is 0 Å². The molecule has 0 N–H and O–H groups in total. The number of carbonyl (C=O) groups is 1. The van der Waals surface area contributed by atoms with Gasteiger partial charge in [0.15, 0.2) is 0 Å². The van der Waals surface area contributed by atoms with Crippen LogP contribution < -0.4 is 10.7 Å². The van der Waals surface area contributed by atoms with E-state index in [9.17, 15) is 14.7 Å². The Kier molecular flexibility index (Phi) is 4.43. The summed E-state index contributed by atoms with van der Waals surface area (Å²) >= 11 is 0. The van der Waals surface area contributed by atoms with E-state index in [2.05, 4.69) is 5.10 Å². The molecule has 1 aromatic rings. The van der Waals surface area contributed by atoms with Crippen LogP contribution in [0.4, 0.5) is 0 Å². The number of pyridine rings is 1. The molecule has 7 heteroatoms. The Morgan fingerprint density at radius 2 is 1.93 bits per heavy atom. The summed E-state index contributed by atoms with van der Waals surface area (Å²) in [5, 5.41) is 16.9. The molecule has 27 heavy (non-hydrogen) atoms. The minimum absolute atomic E-state index is 0.175. The van der Waals surface area contributed by atoms with Crippen molar-refractivity contribution in [3.63, 3.8) is 0 Å². The van der Waals surface area contributed by atoms with Crippen molar-refractivity contribution < 1.29 is 9.90 Å². The maximum Gasteiger partial charge on any atom is 0.282 e. The van der Waals surface area contributed by atoms with Crippen molar-refractivity contribution in [2.45, 2.75) is 32.7 Å². The minimum atomic E-state index is -0.225. The Bertz CT molecular complexity index is 1010. The van der Waals surface area contributed by atoms with E-state index in [1.165, 1.54) is 10.7 Å². The van der Waals surface area contributed by atoms with E-state index in [-0.39, 0.29) is 17.3 Å². The van der Waals surface area contributed by atoms with E-state index in [4.69, 9.17) is 0 Å². The lowest BCUT2D eigenvalue weighted by Crippen LogP contribution is -2.27. The molecule has 0 aliphatic carbocycles. The summed E-state index contributed by atoms with van der Waals surface area (Å²) in [6.45, 7) is 3.68. The van der Waals surface area contributed by atoms with Crippen molar-refractivity contribution in [3.8, 4) is 22.8 Å². The quantitative estimate of drug-likeness (QED) is 0.686. The first-order chi connectivity index (χ1) is 13.1. The van der Waals surface area contributed by atoms with Crippen molar-refractivity contribution in [2.24, 2.45) is 0 Å². The second kappa shape index (κ2) is 6.90. The van der Waals surface area contributed by atoms with Gasteiger partial charge in [0.25, 0.3) is 5.56 Å². The number of benzene rings is 1. The lowest BCUT2D eigenvalue weighted by molar-refractivity contribution is -0.279. The Morgan fingerprint density at radius 3 is 2.63 bits per heavy atom. The zero-order valence-electron chi connectivity index (χ0n) is 15.2. The first kappa shape index (κ1) is 17.3. The number of aromatic nitrogens is 3. The Labute approximate surface area is 156 Å². The normalized spacial score (nSPS) is 14.4. The third-order valence-corrected chi connectivity index (χ3v) is 5.14. The van der Waals surface area contributed by atoms with E-state index < -0.39 is 0 Å². The number of likely N-dealkylation sites (tertiary alicyclic amines) is 1. The van der Waals surface area contributed by atoms with Crippen LogP contribution in [0.2, 0.25) is 0 Å². The zero-order chi connectivity index (χ0) is 19.0. The topological polar surface area (TPSA) is 83.2 Å². The van der Waals surface area contributed by atoms with Gasteiger partial charge in [0.2, 0.25) is 5.91 Å². The minimum Gasteiger partial charge on any atom is -0.860 e. The molecule has 0 saturated carbocycles. The zero-order valence-corrected chi connectivity index (χ0v) is 15.2. The van der Waals surface area contributed by atoms with Crippen LogP contribution >= 0.6 is 0 Å². The van der Waals surface area contributed by atoms with Gasteiger partial charge in [-0.3, -0.25) is 9.59 Å². The van der Waals surface area contributed by atoms with Crippen LogP contribution in [-0.4, -0.2) is 38.2 Å². The highest BCUT2D eigenvalue weighted by Crippen LogP contribution is 2.26. The lowest BCUT2D eigenvalue weighted by Gasteiger charge is -2.23. The van der Waals surface area contributed by atoms with Gasteiger partial charge in [0.05, 0.1) is 16.9 Å². The van der Waals surface area contributed by atoms with E-state index in [0.29, 0.717) is 48.6 Å². The summed E-state index contributed by atoms with van der Waals surface area (Å²) < 4.78 is 2.95. The van der Waals surface area contributed by atoms with Gasteiger partial charge in [-0.1, -0.05) is 18.2 Å². The molecule has 3 aliphatic heterocycles. The van der Waals surface area contributed by atoms with Gasteiger partial charge in [0.1, 0.15) is 0 Å². The molecule has 0 radical (unpaired) electrons. The summed E-state index contributed by atoms with van der Waals surface area (Å²) in [6.07, 6.45) is 2.20. The van der Waals surface area contributed by atoms with Gasteiger partial charge < -0.3 is 14.6 Å². The molecule has 1 aromatic carbocycles. The SMILES string of the molecule is Cc1c2c(=O)n(-c3ccccc3)nc-2cc([O-])n1CCCN1CCCC1=O. The number of hydrogen-bond donors (Lipinski definition) is 0. The second-order valence-corrected chi connectivity index (χ2v) is 6.87. The highest BCUT2D eigenvalue weighted by atomic mass is 16.3. The number of fused-ring (bicyclic) bond motifs is 1. The van der Waals surface area contributed by atoms with Crippen LogP contribution in [0.1, 0.15) is 25.0 Å². The Balaban J connectivity index is 1.64. The molecular formula is C20H21N4O3-. The fourth-order valence-electron chi connectivity index (χ4n) is 3.74. The summed E-state index contributed by atoms with van der Waals surface area (Å²) in [5.41, 5.74) is 1.95. The maximum absolute atomic E-state index is 12.9. The van der Waals surface area contributed by atoms with Crippen LogP contribution in [0.25, 0.3) is 16.9 Å². The number of carbonyl (C=O) groups excluding carboxylic acids is 1. The van der Waals surface area contributed by atoms with Crippen LogP contribution in [-0.2, 0) is 11.3 Å². The molecule has 1 fully saturated rings. The molecule has 3 heterocycles. The molecule has 0 aromatic heterocycles. The largest absolute Gasteiger partial charge is 0.860 e. The summed E-state index contributed by atoms with van der Waals surface area (Å²) in [4.78, 5) is 26.4. The monoisotopic (exact) mass is 365 g/mol. The van der Waals surface area contributed by atoms with Crippen LogP contribution in [0.3, 0.4) is 0 Å². The number of hydrogen-bond acceptors (Lipinski definition) is 4. The molecule has 4 rings (SSSR count). The fraction of sp³-hybridized carbons (Fsp3) is 0.350. The van der Waals surface area contributed by atoms with E-state index in [0.717, 1.165) is 13.0 Å². The third-order valence-electron chi connectivity index (χ3n) is 5.14. The van der Waals surface area contributed by atoms with Gasteiger partial charge in [-0.05, 0) is 43.8 Å². The van der Waals surface area contributed by atoms with E-state index >= 15 is 0 Å². The second-order valence-electron chi connectivity index (χ2n) is 6.87. The highest BCUT2D eigenvalue weighted by Gasteiger charge is 2.22. The average Bonchev–Trinajstić information content (AvgIpc) is 3.21. The molecular weight excluding hydrogens is 344 g/mol. The fourth-order valence-corrected chi connectivity index (χ4v) is 3.74. The maximum atomic E-state index is 12.9. The predicted molar refractivity (Wildman–Crippen MR) is 99.1 cm³/mol. The van der Waals surface area contributed by atoms with Gasteiger partial charge in [-0.2, -0.15) is 9.78 Å². The van der Waals surface area contributed by atoms with Crippen LogP contribution in [0.15, 0.2) is 41.2 Å². The van der Waals surface area contributed by atoms with Crippen molar-refractivity contribution in [1.82, 2.24) is 19.2 Å². The number of amides is 1. The molecule has 0 unspecified atom stereocenters. The van der Waals surface area contributed by atoms with E-state index in [1.54, 1.807) is 11.5 Å². The summed E-state index contributed by atoms with van der Waals surface area (Å²) in [7, 11) is 0.